The molecule has 1 atom stereocenters. The summed E-state index contributed by atoms with van der Waals surface area (Å²) >= 11 is 0. The van der Waals surface area contributed by atoms with E-state index in [1.54, 1.807) is 6.07 Å². The molecule has 1 aromatic rings. The van der Waals surface area contributed by atoms with Gasteiger partial charge in [-0.15, -0.1) is 0 Å². The molecule has 7 nitrogen and oxygen atoms in total. The van der Waals surface area contributed by atoms with E-state index in [0.717, 1.165) is 18.6 Å². The Hall–Kier alpha value is -1.89. The number of hydrogen-bond donors (Lipinski definition) is 1. The Morgan fingerprint density at radius 3 is 2.95 bits per heavy atom. The largest absolute Gasteiger partial charge is 0.481 e. The molecule has 1 amide bonds. The molecule has 2 heterocycles. The van der Waals surface area contributed by atoms with Gasteiger partial charge in [0.1, 0.15) is 5.76 Å². The molecular formula is C13H16N2O5. The van der Waals surface area contributed by atoms with E-state index in [9.17, 15) is 9.59 Å². The molecule has 3 rings (SSSR count). The minimum atomic E-state index is -0.947. The van der Waals surface area contributed by atoms with Gasteiger partial charge in [-0.05, 0) is 12.8 Å². The minimum absolute atomic E-state index is 0.126. The van der Waals surface area contributed by atoms with Crippen LogP contribution in [0.4, 0.5) is 0 Å². The highest BCUT2D eigenvalue weighted by Crippen LogP contribution is 2.40. The summed E-state index contributed by atoms with van der Waals surface area (Å²) in [6.07, 6.45) is 2.02. The molecule has 7 heteroatoms. The number of aromatic nitrogens is 1. The summed E-state index contributed by atoms with van der Waals surface area (Å²) in [4.78, 5) is 24.8. The Morgan fingerprint density at radius 2 is 2.25 bits per heavy atom. The van der Waals surface area contributed by atoms with Crippen molar-refractivity contribution in [2.75, 3.05) is 19.8 Å². The average Bonchev–Trinajstić information content (AvgIpc) is 3.16. The van der Waals surface area contributed by atoms with Gasteiger partial charge in [0.25, 0.3) is 5.91 Å². The highest BCUT2D eigenvalue weighted by atomic mass is 16.5. The monoisotopic (exact) mass is 280 g/mol. The van der Waals surface area contributed by atoms with Crippen molar-refractivity contribution in [3.8, 4) is 0 Å². The summed E-state index contributed by atoms with van der Waals surface area (Å²) < 4.78 is 10.4. The lowest BCUT2D eigenvalue weighted by Crippen LogP contribution is -2.49. The fraction of sp³-hybridized carbons (Fsp3) is 0.615. The standard InChI is InChI=1S/C13H16N2O5/c16-12(17)5-9-7-19-4-3-15(9)13(18)10-6-11(20-14-10)8-1-2-8/h6,8-9H,1-5,7H2,(H,16,17). The molecule has 2 aliphatic rings. The maximum atomic E-state index is 12.4. The second kappa shape index (κ2) is 5.24. The number of ether oxygens (including phenoxy) is 1. The van der Waals surface area contributed by atoms with Crippen LogP contribution < -0.4 is 0 Å². The maximum Gasteiger partial charge on any atom is 0.305 e. The van der Waals surface area contributed by atoms with Crippen molar-refractivity contribution in [3.63, 3.8) is 0 Å². The smallest absolute Gasteiger partial charge is 0.305 e. The van der Waals surface area contributed by atoms with Crippen LogP contribution in [-0.2, 0) is 9.53 Å². The van der Waals surface area contributed by atoms with Crippen LogP contribution in [-0.4, -0.2) is 52.8 Å². The van der Waals surface area contributed by atoms with Crippen LogP contribution in [0, 0.1) is 0 Å². The fourth-order valence-electron chi connectivity index (χ4n) is 2.39. The van der Waals surface area contributed by atoms with Gasteiger partial charge in [-0.25, -0.2) is 0 Å². The van der Waals surface area contributed by atoms with Gasteiger partial charge in [-0.1, -0.05) is 5.16 Å². The fourth-order valence-corrected chi connectivity index (χ4v) is 2.39. The first kappa shape index (κ1) is 13.1. The van der Waals surface area contributed by atoms with Crippen molar-refractivity contribution in [1.82, 2.24) is 10.1 Å². The lowest BCUT2D eigenvalue weighted by molar-refractivity contribution is -0.139. The average molecular weight is 280 g/mol. The third-order valence-electron chi connectivity index (χ3n) is 3.63. The molecule has 0 aromatic carbocycles. The van der Waals surface area contributed by atoms with Crippen LogP contribution >= 0.6 is 0 Å². The molecule has 0 bridgehead atoms. The highest BCUT2D eigenvalue weighted by Gasteiger charge is 2.33. The van der Waals surface area contributed by atoms with Gasteiger partial charge in [0.2, 0.25) is 0 Å². The van der Waals surface area contributed by atoms with Crippen LogP contribution in [0.5, 0.6) is 0 Å². The molecule has 1 N–H and O–H groups in total. The van der Waals surface area contributed by atoms with Gasteiger partial charge < -0.3 is 19.3 Å². The SMILES string of the molecule is O=C(O)CC1COCCN1C(=O)c1cc(C2CC2)on1. The van der Waals surface area contributed by atoms with Crippen LogP contribution in [0.3, 0.4) is 0 Å². The Morgan fingerprint density at radius 1 is 1.45 bits per heavy atom. The number of rotatable bonds is 4. The van der Waals surface area contributed by atoms with Gasteiger partial charge in [-0.2, -0.15) is 0 Å². The van der Waals surface area contributed by atoms with E-state index in [4.69, 9.17) is 14.4 Å². The quantitative estimate of drug-likeness (QED) is 0.879. The molecule has 1 aliphatic heterocycles. The first-order valence-corrected chi connectivity index (χ1v) is 6.72. The van der Waals surface area contributed by atoms with Crippen molar-refractivity contribution in [2.45, 2.75) is 31.2 Å². The van der Waals surface area contributed by atoms with Crippen molar-refractivity contribution in [1.29, 1.82) is 0 Å². The number of nitrogens with zero attached hydrogens (tertiary/aromatic N) is 2. The zero-order chi connectivity index (χ0) is 14.1. The third kappa shape index (κ3) is 2.67. The van der Waals surface area contributed by atoms with Gasteiger partial charge in [0.05, 0.1) is 25.7 Å². The molecule has 1 aliphatic carbocycles. The van der Waals surface area contributed by atoms with Crippen LogP contribution in [0.2, 0.25) is 0 Å². The third-order valence-corrected chi connectivity index (χ3v) is 3.63. The Balaban J connectivity index is 1.73. The molecular weight excluding hydrogens is 264 g/mol. The predicted molar refractivity (Wildman–Crippen MR) is 66.4 cm³/mol. The Bertz CT molecular complexity index is 523. The molecule has 0 spiro atoms. The van der Waals surface area contributed by atoms with Crippen LogP contribution in [0.15, 0.2) is 10.6 Å². The summed E-state index contributed by atoms with van der Waals surface area (Å²) in [6, 6.07) is 1.22. The van der Waals surface area contributed by atoms with Gasteiger partial charge >= 0.3 is 5.97 Å². The number of carbonyl (C=O) groups excluding carboxylic acids is 1. The first-order valence-electron chi connectivity index (χ1n) is 6.72. The number of amides is 1. The predicted octanol–water partition coefficient (Wildman–Crippen LogP) is 0.868. The number of carboxylic acid groups (broad SMARTS) is 1. The Kier molecular flexibility index (Phi) is 3.43. The number of carbonyl (C=O) groups is 2. The maximum absolute atomic E-state index is 12.4. The van der Waals surface area contributed by atoms with Crippen molar-refractivity contribution in [3.05, 3.63) is 17.5 Å². The van der Waals surface area contributed by atoms with E-state index in [1.165, 1.54) is 4.90 Å². The second-order valence-corrected chi connectivity index (χ2v) is 5.21. The summed E-state index contributed by atoms with van der Waals surface area (Å²) in [5.41, 5.74) is 0.254. The molecule has 1 saturated carbocycles. The van der Waals surface area contributed by atoms with E-state index < -0.39 is 12.0 Å². The van der Waals surface area contributed by atoms with Crippen molar-refractivity contribution in [2.24, 2.45) is 0 Å². The Labute approximate surface area is 115 Å². The molecule has 1 saturated heterocycles. The van der Waals surface area contributed by atoms with Gasteiger partial charge in [0.15, 0.2) is 5.69 Å². The number of carboxylic acids is 1. The summed E-state index contributed by atoms with van der Waals surface area (Å²) in [6.45, 7) is 1.03. The lowest BCUT2D eigenvalue weighted by atomic mass is 10.1. The van der Waals surface area contributed by atoms with E-state index in [1.807, 2.05) is 0 Å². The highest BCUT2D eigenvalue weighted by molar-refractivity contribution is 5.92. The van der Waals surface area contributed by atoms with Crippen molar-refractivity contribution < 1.29 is 24.0 Å². The zero-order valence-corrected chi connectivity index (χ0v) is 10.9. The van der Waals surface area contributed by atoms with E-state index >= 15 is 0 Å². The molecule has 2 fully saturated rings. The molecule has 20 heavy (non-hydrogen) atoms. The number of hydrogen-bond acceptors (Lipinski definition) is 5. The molecule has 1 unspecified atom stereocenters. The van der Waals surface area contributed by atoms with Crippen molar-refractivity contribution >= 4 is 11.9 Å². The van der Waals surface area contributed by atoms with E-state index in [2.05, 4.69) is 5.16 Å². The number of morpholine rings is 1. The summed E-state index contributed by atoms with van der Waals surface area (Å²) in [5.74, 6) is -0.0905. The lowest BCUT2D eigenvalue weighted by Gasteiger charge is -2.34. The summed E-state index contributed by atoms with van der Waals surface area (Å²) in [7, 11) is 0. The topological polar surface area (TPSA) is 92.9 Å². The minimum Gasteiger partial charge on any atom is -0.481 e. The van der Waals surface area contributed by atoms with Gasteiger partial charge in [-0.3, -0.25) is 9.59 Å². The first-order chi connectivity index (χ1) is 9.65. The molecule has 1 aromatic heterocycles. The van der Waals surface area contributed by atoms with E-state index in [-0.39, 0.29) is 24.6 Å². The van der Waals surface area contributed by atoms with Gasteiger partial charge in [0, 0.05) is 18.5 Å². The van der Waals surface area contributed by atoms with Crippen LogP contribution in [0.1, 0.15) is 41.4 Å². The van der Waals surface area contributed by atoms with E-state index in [0.29, 0.717) is 19.1 Å². The normalized spacial score (nSPS) is 22.8. The zero-order valence-electron chi connectivity index (χ0n) is 10.9. The second-order valence-electron chi connectivity index (χ2n) is 5.21. The van der Waals surface area contributed by atoms with Crippen LogP contribution in [0.25, 0.3) is 0 Å². The molecule has 108 valence electrons. The summed E-state index contributed by atoms with van der Waals surface area (Å²) in [5, 5.41) is 12.7. The molecule has 0 radical (unpaired) electrons. The number of aliphatic carboxylic acids is 1.